The number of thiophene rings is 1. The summed E-state index contributed by atoms with van der Waals surface area (Å²) in [5, 5.41) is 0. The zero-order valence-corrected chi connectivity index (χ0v) is 10.0. The molecule has 2 aromatic rings. The van der Waals surface area contributed by atoms with Gasteiger partial charge in [-0.15, -0.1) is 23.7 Å². The van der Waals surface area contributed by atoms with Gasteiger partial charge in [-0.2, -0.15) is 5.90 Å². The zero-order chi connectivity index (χ0) is 9.97. The number of hydrogen-bond donors (Lipinski definition) is 1. The van der Waals surface area contributed by atoms with E-state index in [4.69, 9.17) is 22.3 Å². The average molecular weight is 262 g/mol. The Kier molecular flexibility index (Phi) is 4.42. The average Bonchev–Trinajstić information content (AvgIpc) is 2.65. The first-order valence-electron chi connectivity index (χ1n) is 4.03. The smallest absolute Gasteiger partial charge is 0.155 e. The molecule has 2 nitrogen and oxygen atoms in total. The van der Waals surface area contributed by atoms with Gasteiger partial charge in [-0.3, -0.25) is 0 Å². The first-order valence-corrected chi connectivity index (χ1v) is 5.22. The second kappa shape index (κ2) is 5.37. The highest BCUT2D eigenvalue weighted by Gasteiger charge is 2.06. The highest BCUT2D eigenvalue weighted by Crippen LogP contribution is 2.35. The van der Waals surface area contributed by atoms with Crippen LogP contribution in [0.5, 0.6) is 5.75 Å². The van der Waals surface area contributed by atoms with Crippen LogP contribution in [0.25, 0.3) is 10.4 Å². The van der Waals surface area contributed by atoms with Crippen molar-refractivity contribution in [2.45, 2.75) is 0 Å². The largest absolute Gasteiger partial charge is 0.411 e. The van der Waals surface area contributed by atoms with Crippen molar-refractivity contribution in [1.29, 1.82) is 0 Å². The maximum absolute atomic E-state index is 5.85. The Morgan fingerprint density at radius 1 is 1.13 bits per heavy atom. The van der Waals surface area contributed by atoms with Gasteiger partial charge in [0.25, 0.3) is 0 Å². The van der Waals surface area contributed by atoms with E-state index < -0.39 is 0 Å². The molecule has 1 aromatic heterocycles. The molecule has 2 N–H and O–H groups in total. The van der Waals surface area contributed by atoms with Crippen molar-refractivity contribution in [1.82, 2.24) is 0 Å². The molecule has 5 heteroatoms. The first-order chi connectivity index (χ1) is 6.81. The van der Waals surface area contributed by atoms with E-state index in [1.54, 1.807) is 0 Å². The molecular weight excluding hydrogens is 253 g/mol. The third-order valence-electron chi connectivity index (χ3n) is 1.85. The van der Waals surface area contributed by atoms with Gasteiger partial charge < -0.3 is 4.84 Å². The minimum atomic E-state index is 0. The Balaban J connectivity index is 0.00000112. The molecule has 0 radical (unpaired) electrons. The number of hydrogen-bond acceptors (Lipinski definition) is 3. The van der Waals surface area contributed by atoms with Crippen molar-refractivity contribution in [3.05, 3.63) is 40.7 Å². The van der Waals surface area contributed by atoms with E-state index in [0.29, 0.717) is 5.75 Å². The van der Waals surface area contributed by atoms with Crippen molar-refractivity contribution < 1.29 is 4.84 Å². The second-order valence-electron chi connectivity index (χ2n) is 2.72. The summed E-state index contributed by atoms with van der Waals surface area (Å²) < 4.78 is 0.756. The predicted octanol–water partition coefficient (Wildman–Crippen LogP) is 3.74. The van der Waals surface area contributed by atoms with Gasteiger partial charge in [0.15, 0.2) is 5.75 Å². The van der Waals surface area contributed by atoms with E-state index in [1.165, 1.54) is 11.3 Å². The summed E-state index contributed by atoms with van der Waals surface area (Å²) in [4.78, 5) is 5.82. The van der Waals surface area contributed by atoms with E-state index in [1.807, 2.05) is 36.4 Å². The zero-order valence-electron chi connectivity index (χ0n) is 7.64. The lowest BCUT2D eigenvalue weighted by atomic mass is 10.2. The molecule has 0 saturated heterocycles. The predicted molar refractivity (Wildman–Crippen MR) is 66.8 cm³/mol. The normalized spacial score (nSPS) is 9.47. The Morgan fingerprint density at radius 2 is 1.87 bits per heavy atom. The van der Waals surface area contributed by atoms with Crippen LogP contribution in [-0.2, 0) is 0 Å². The van der Waals surface area contributed by atoms with E-state index >= 15 is 0 Å². The van der Waals surface area contributed by atoms with Crippen LogP contribution in [0, 0.1) is 0 Å². The van der Waals surface area contributed by atoms with Crippen LogP contribution < -0.4 is 10.7 Å². The summed E-state index contributed by atoms with van der Waals surface area (Å²) in [6.45, 7) is 0. The highest BCUT2D eigenvalue weighted by molar-refractivity contribution is 7.19. The van der Waals surface area contributed by atoms with Crippen molar-refractivity contribution in [2.75, 3.05) is 0 Å². The minimum absolute atomic E-state index is 0. The van der Waals surface area contributed by atoms with Crippen molar-refractivity contribution in [3.8, 4) is 16.2 Å². The molecule has 0 unspecified atom stereocenters. The number of rotatable bonds is 2. The molecule has 0 aliphatic heterocycles. The van der Waals surface area contributed by atoms with Crippen LogP contribution in [0.1, 0.15) is 0 Å². The number of halogens is 2. The summed E-state index contributed by atoms with van der Waals surface area (Å²) in [5.74, 6) is 5.82. The fraction of sp³-hybridized carbons (Fsp3) is 0. The Hall–Kier alpha value is -0.740. The molecule has 80 valence electrons. The fourth-order valence-electron chi connectivity index (χ4n) is 1.23. The van der Waals surface area contributed by atoms with Crippen LogP contribution in [0.3, 0.4) is 0 Å². The van der Waals surface area contributed by atoms with Crippen LogP contribution in [0.4, 0.5) is 0 Å². The standard InChI is InChI=1S/C10H8ClNOS.ClH/c11-10-6-5-9(14-10)7-3-1-2-4-8(7)13-12;/h1-6H,12H2;1H. The SMILES string of the molecule is Cl.NOc1ccccc1-c1ccc(Cl)s1. The summed E-state index contributed by atoms with van der Waals surface area (Å²) in [6, 6.07) is 11.4. The molecule has 0 atom stereocenters. The van der Waals surface area contributed by atoms with Crippen LogP contribution in [0.15, 0.2) is 36.4 Å². The number of nitrogens with two attached hydrogens (primary N) is 1. The first kappa shape index (κ1) is 12.3. The van der Waals surface area contributed by atoms with Crippen LogP contribution in [0.2, 0.25) is 4.34 Å². The molecule has 2 rings (SSSR count). The van der Waals surface area contributed by atoms with Crippen molar-refractivity contribution in [2.24, 2.45) is 5.90 Å². The quantitative estimate of drug-likeness (QED) is 0.836. The van der Waals surface area contributed by atoms with Crippen LogP contribution in [-0.4, -0.2) is 0 Å². The third-order valence-corrected chi connectivity index (χ3v) is 3.12. The highest BCUT2D eigenvalue weighted by atomic mass is 35.5. The third kappa shape index (κ3) is 2.63. The van der Waals surface area contributed by atoms with Gasteiger partial charge >= 0.3 is 0 Å². The van der Waals surface area contributed by atoms with Crippen molar-refractivity contribution >= 4 is 35.3 Å². The number of para-hydroxylation sites is 1. The fourth-order valence-corrected chi connectivity index (χ4v) is 2.31. The number of benzene rings is 1. The summed E-state index contributed by atoms with van der Waals surface area (Å²) in [5.41, 5.74) is 0.965. The van der Waals surface area contributed by atoms with Gasteiger partial charge in [-0.1, -0.05) is 23.7 Å². The Bertz CT molecular complexity index is 444. The van der Waals surface area contributed by atoms with E-state index in [9.17, 15) is 0 Å². The maximum Gasteiger partial charge on any atom is 0.155 e. The lowest BCUT2D eigenvalue weighted by Gasteiger charge is -2.03. The molecule has 0 amide bonds. The molecule has 0 aliphatic rings. The minimum Gasteiger partial charge on any atom is -0.411 e. The van der Waals surface area contributed by atoms with Gasteiger partial charge in [0.05, 0.1) is 4.34 Å². The van der Waals surface area contributed by atoms with E-state index in [2.05, 4.69) is 0 Å². The lowest BCUT2D eigenvalue weighted by molar-refractivity contribution is 0.336. The Labute approximate surface area is 103 Å². The summed E-state index contributed by atoms with van der Waals surface area (Å²) in [7, 11) is 0. The molecule has 1 aromatic carbocycles. The lowest BCUT2D eigenvalue weighted by Crippen LogP contribution is -2.02. The molecule has 0 spiro atoms. The molecule has 0 fully saturated rings. The molecule has 0 aliphatic carbocycles. The van der Waals surface area contributed by atoms with Gasteiger partial charge in [0.1, 0.15) is 0 Å². The van der Waals surface area contributed by atoms with Crippen LogP contribution >= 0.6 is 35.3 Å². The van der Waals surface area contributed by atoms with Gasteiger partial charge in [-0.05, 0) is 24.3 Å². The summed E-state index contributed by atoms with van der Waals surface area (Å²) in [6.07, 6.45) is 0. The van der Waals surface area contributed by atoms with Gasteiger partial charge in [0, 0.05) is 10.4 Å². The molecular formula is C10H9Cl2NOS. The monoisotopic (exact) mass is 261 g/mol. The Morgan fingerprint density at radius 3 is 2.47 bits per heavy atom. The van der Waals surface area contributed by atoms with Gasteiger partial charge in [0.2, 0.25) is 0 Å². The molecule has 1 heterocycles. The molecule has 15 heavy (non-hydrogen) atoms. The van der Waals surface area contributed by atoms with E-state index in [0.717, 1.165) is 14.8 Å². The molecule has 0 saturated carbocycles. The topological polar surface area (TPSA) is 35.2 Å². The van der Waals surface area contributed by atoms with Crippen molar-refractivity contribution in [3.63, 3.8) is 0 Å². The maximum atomic E-state index is 5.85. The second-order valence-corrected chi connectivity index (χ2v) is 4.43. The van der Waals surface area contributed by atoms with Gasteiger partial charge in [-0.25, -0.2) is 0 Å². The molecule has 0 bridgehead atoms. The van der Waals surface area contributed by atoms with E-state index in [-0.39, 0.29) is 12.4 Å². The summed E-state index contributed by atoms with van der Waals surface area (Å²) >= 11 is 7.35.